The van der Waals surface area contributed by atoms with Crippen molar-refractivity contribution in [1.82, 2.24) is 14.9 Å². The van der Waals surface area contributed by atoms with Crippen LogP contribution in [0.15, 0.2) is 30.1 Å². The van der Waals surface area contributed by atoms with Crippen LogP contribution in [0.3, 0.4) is 0 Å². The third kappa shape index (κ3) is 3.65. The number of halogens is 2. The van der Waals surface area contributed by atoms with Crippen LogP contribution < -0.4 is 5.73 Å². The molecule has 0 radical (unpaired) electrons. The monoisotopic (exact) mass is 324 g/mol. The molecule has 1 atom stereocenters. The van der Waals surface area contributed by atoms with Crippen molar-refractivity contribution in [2.75, 3.05) is 13.1 Å². The van der Waals surface area contributed by atoms with Crippen LogP contribution in [0.4, 0.5) is 4.39 Å². The molecule has 1 heterocycles. The molecule has 0 spiro atoms. The van der Waals surface area contributed by atoms with E-state index in [0.717, 1.165) is 37.8 Å². The maximum absolute atomic E-state index is 14.0. The molecule has 0 bridgehead atoms. The first-order chi connectivity index (χ1) is 10.5. The fourth-order valence-electron chi connectivity index (χ4n) is 2.64. The maximum atomic E-state index is 14.0. The van der Waals surface area contributed by atoms with Crippen molar-refractivity contribution in [3.05, 3.63) is 46.9 Å². The van der Waals surface area contributed by atoms with Gasteiger partial charge in [-0.3, -0.25) is 0 Å². The van der Waals surface area contributed by atoms with E-state index in [-0.39, 0.29) is 11.0 Å². The summed E-state index contributed by atoms with van der Waals surface area (Å²) in [6, 6.07) is 0. The predicted octanol–water partition coefficient (Wildman–Crippen LogP) is 3.39. The highest BCUT2D eigenvalue weighted by Crippen LogP contribution is 2.30. The first-order valence-corrected chi connectivity index (χ1v) is 7.99. The van der Waals surface area contributed by atoms with Gasteiger partial charge in [-0.1, -0.05) is 26.0 Å². The Hall–Kier alpha value is -1.46. The second kappa shape index (κ2) is 7.20. The molecule has 2 rings (SSSR count). The Kier molecular flexibility index (Phi) is 5.53. The van der Waals surface area contributed by atoms with Gasteiger partial charge in [0.2, 0.25) is 5.28 Å². The highest BCUT2D eigenvalue weighted by molar-refractivity contribution is 6.28. The topological polar surface area (TPSA) is 55.0 Å². The molecule has 1 unspecified atom stereocenters. The second-order valence-corrected chi connectivity index (χ2v) is 5.87. The maximum Gasteiger partial charge on any atom is 0.222 e. The first kappa shape index (κ1) is 16.9. The molecule has 0 aliphatic heterocycles. The van der Waals surface area contributed by atoms with Crippen molar-refractivity contribution in [2.24, 2.45) is 5.73 Å². The van der Waals surface area contributed by atoms with E-state index in [4.69, 9.17) is 17.3 Å². The van der Waals surface area contributed by atoms with E-state index in [1.54, 1.807) is 0 Å². The fraction of sp³-hybridized carbons (Fsp3) is 0.500. The van der Waals surface area contributed by atoms with E-state index in [1.165, 1.54) is 0 Å². The lowest BCUT2D eigenvalue weighted by molar-refractivity contribution is 0.347. The minimum atomic E-state index is -0.982. The molecule has 1 aliphatic rings. The van der Waals surface area contributed by atoms with Crippen molar-refractivity contribution in [3.8, 4) is 0 Å². The predicted molar refractivity (Wildman–Crippen MR) is 86.9 cm³/mol. The summed E-state index contributed by atoms with van der Waals surface area (Å²) in [5.41, 5.74) is 6.61. The van der Waals surface area contributed by atoms with Crippen molar-refractivity contribution < 1.29 is 4.39 Å². The van der Waals surface area contributed by atoms with Gasteiger partial charge < -0.3 is 10.6 Å². The summed E-state index contributed by atoms with van der Waals surface area (Å²) in [6.45, 7) is 6.30. The van der Waals surface area contributed by atoms with Crippen molar-refractivity contribution in [1.29, 1.82) is 0 Å². The second-order valence-electron chi connectivity index (χ2n) is 5.53. The molecule has 22 heavy (non-hydrogen) atoms. The van der Waals surface area contributed by atoms with Gasteiger partial charge in [0.25, 0.3) is 0 Å². The molecule has 1 aromatic heterocycles. The van der Waals surface area contributed by atoms with Crippen LogP contribution in [0.1, 0.15) is 38.8 Å². The quantitative estimate of drug-likeness (QED) is 0.815. The number of aromatic nitrogens is 2. The molecule has 1 aliphatic carbocycles. The summed E-state index contributed by atoms with van der Waals surface area (Å²) < 4.78 is 14.0. The van der Waals surface area contributed by atoms with E-state index < -0.39 is 11.4 Å². The van der Waals surface area contributed by atoms with E-state index in [2.05, 4.69) is 28.7 Å². The van der Waals surface area contributed by atoms with E-state index in [9.17, 15) is 4.39 Å². The third-order valence-corrected chi connectivity index (χ3v) is 3.89. The lowest BCUT2D eigenvalue weighted by atomic mass is 9.87. The van der Waals surface area contributed by atoms with E-state index in [1.807, 2.05) is 18.2 Å². The van der Waals surface area contributed by atoms with Crippen LogP contribution in [-0.4, -0.2) is 28.0 Å². The minimum Gasteiger partial charge on any atom is -0.372 e. The van der Waals surface area contributed by atoms with Gasteiger partial charge in [-0.25, -0.2) is 14.4 Å². The van der Waals surface area contributed by atoms with Gasteiger partial charge in [-0.15, -0.1) is 0 Å². The Bertz CT molecular complexity index is 582. The van der Waals surface area contributed by atoms with Gasteiger partial charge in [0.15, 0.2) is 5.82 Å². The third-order valence-electron chi connectivity index (χ3n) is 3.71. The van der Waals surface area contributed by atoms with Crippen molar-refractivity contribution in [3.63, 3.8) is 0 Å². The molecule has 4 nitrogen and oxygen atoms in total. The molecule has 120 valence electrons. The highest BCUT2D eigenvalue weighted by atomic mass is 35.5. The Morgan fingerprint density at radius 2 is 2.05 bits per heavy atom. The largest absolute Gasteiger partial charge is 0.372 e. The van der Waals surface area contributed by atoms with Crippen molar-refractivity contribution in [2.45, 2.75) is 38.6 Å². The summed E-state index contributed by atoms with van der Waals surface area (Å²) in [7, 11) is 0. The van der Waals surface area contributed by atoms with E-state index in [0.29, 0.717) is 6.42 Å². The average molecular weight is 325 g/mol. The van der Waals surface area contributed by atoms with Crippen molar-refractivity contribution >= 4 is 11.6 Å². The normalized spacial score (nSPS) is 20.9. The van der Waals surface area contributed by atoms with Gasteiger partial charge in [0.1, 0.15) is 5.69 Å². The zero-order valence-electron chi connectivity index (χ0n) is 13.0. The lowest BCUT2D eigenvalue weighted by Gasteiger charge is -2.32. The van der Waals surface area contributed by atoms with Gasteiger partial charge in [0.05, 0.1) is 11.7 Å². The molecule has 0 saturated heterocycles. The molecule has 0 saturated carbocycles. The van der Waals surface area contributed by atoms with Crippen LogP contribution in [0.2, 0.25) is 5.28 Å². The Morgan fingerprint density at radius 3 is 2.59 bits per heavy atom. The number of hydrogen-bond acceptors (Lipinski definition) is 4. The van der Waals surface area contributed by atoms with Gasteiger partial charge in [-0.05, 0) is 36.9 Å². The molecule has 0 fully saturated rings. The smallest absolute Gasteiger partial charge is 0.222 e. The summed E-state index contributed by atoms with van der Waals surface area (Å²) in [4.78, 5) is 9.92. The molecular formula is C16H22ClFN4. The molecule has 2 N–H and O–H groups in total. The minimum absolute atomic E-state index is 0.00277. The van der Waals surface area contributed by atoms with Gasteiger partial charge >= 0.3 is 0 Å². The zero-order chi connectivity index (χ0) is 16.2. The Balaban J connectivity index is 2.22. The lowest BCUT2D eigenvalue weighted by Crippen LogP contribution is -2.38. The number of nitrogens with zero attached hydrogens (tertiary/aromatic N) is 3. The van der Waals surface area contributed by atoms with Gasteiger partial charge in [-0.2, -0.15) is 0 Å². The first-order valence-electron chi connectivity index (χ1n) is 7.62. The van der Waals surface area contributed by atoms with Crippen LogP contribution in [-0.2, 0) is 5.54 Å². The Labute approximate surface area is 135 Å². The average Bonchev–Trinajstić information content (AvgIpc) is 2.50. The Morgan fingerprint density at radius 1 is 1.36 bits per heavy atom. The zero-order valence-corrected chi connectivity index (χ0v) is 13.8. The molecule has 6 heteroatoms. The van der Waals surface area contributed by atoms with E-state index >= 15 is 0 Å². The molecule has 1 aromatic rings. The summed E-state index contributed by atoms with van der Waals surface area (Å²) in [5.74, 6) is -0.535. The number of rotatable bonds is 6. The number of nitrogens with two attached hydrogens (primary N) is 1. The standard InChI is InChI=1S/C16H22ClFN4/c1-3-9-22(10-4-2)12-5-7-16(19,8-6-12)14-13(18)11-20-15(17)21-14/h5-7,11H,3-4,8-10,19H2,1-2H3. The molecular weight excluding hydrogens is 303 g/mol. The summed E-state index contributed by atoms with van der Waals surface area (Å²) >= 11 is 5.77. The summed E-state index contributed by atoms with van der Waals surface area (Å²) in [5, 5.41) is 0.00277. The van der Waals surface area contributed by atoms with Crippen LogP contribution in [0.25, 0.3) is 0 Å². The fourth-order valence-corrected chi connectivity index (χ4v) is 2.77. The number of allylic oxidation sites excluding steroid dienone is 1. The number of hydrogen-bond donors (Lipinski definition) is 1. The molecule has 0 amide bonds. The van der Waals surface area contributed by atoms with Gasteiger partial charge in [0, 0.05) is 18.8 Å². The summed E-state index contributed by atoms with van der Waals surface area (Å²) in [6.07, 6.45) is 9.50. The SMILES string of the molecule is CCCN(CCC)C1=CCC(N)(c2nc(Cl)ncc2F)C=C1. The highest BCUT2D eigenvalue weighted by Gasteiger charge is 2.31. The van der Waals surface area contributed by atoms with Crippen LogP contribution in [0.5, 0.6) is 0 Å². The molecule has 0 aromatic carbocycles. The van der Waals surface area contributed by atoms with Crippen LogP contribution >= 0.6 is 11.6 Å². The van der Waals surface area contributed by atoms with Crippen LogP contribution in [0, 0.1) is 5.82 Å².